The highest BCUT2D eigenvalue weighted by Gasteiger charge is 2.44. The zero-order chi connectivity index (χ0) is 14.0. The molecule has 0 aliphatic carbocycles. The van der Waals surface area contributed by atoms with E-state index in [1.165, 1.54) is 0 Å². The number of rotatable bonds is 3. The molecule has 2 rings (SSSR count). The van der Waals surface area contributed by atoms with Gasteiger partial charge in [-0.05, 0) is 33.2 Å². The predicted molar refractivity (Wildman–Crippen MR) is 68.8 cm³/mol. The van der Waals surface area contributed by atoms with Crippen LogP contribution in [-0.2, 0) is 14.3 Å². The van der Waals surface area contributed by atoms with E-state index >= 15 is 0 Å². The first kappa shape index (κ1) is 14.3. The third-order valence-corrected chi connectivity index (χ3v) is 4.17. The molecule has 1 N–H and O–H groups in total. The number of carbonyl (C=O) groups is 2. The van der Waals surface area contributed by atoms with Crippen LogP contribution in [0.25, 0.3) is 0 Å². The lowest BCUT2D eigenvalue weighted by atomic mass is 9.99. The van der Waals surface area contributed by atoms with E-state index in [1.54, 1.807) is 16.7 Å². The van der Waals surface area contributed by atoms with E-state index in [0.717, 1.165) is 6.42 Å². The number of amides is 1. The molecule has 2 aliphatic rings. The monoisotopic (exact) mass is 270 g/mol. The Morgan fingerprint density at radius 1 is 1.42 bits per heavy atom. The summed E-state index contributed by atoms with van der Waals surface area (Å²) in [4.78, 5) is 27.2. The van der Waals surface area contributed by atoms with Gasteiger partial charge in [-0.25, -0.2) is 0 Å². The second-order valence-corrected chi connectivity index (χ2v) is 5.63. The number of ether oxygens (including phenoxy) is 1. The Labute approximate surface area is 113 Å². The van der Waals surface area contributed by atoms with Crippen LogP contribution < -0.4 is 0 Å². The summed E-state index contributed by atoms with van der Waals surface area (Å²) in [5.74, 6) is -0.835. The minimum atomic E-state index is -0.895. The second kappa shape index (κ2) is 5.46. The van der Waals surface area contributed by atoms with Crippen LogP contribution in [-0.4, -0.2) is 71.2 Å². The first-order chi connectivity index (χ1) is 8.93. The Morgan fingerprint density at radius 2 is 2.16 bits per heavy atom. The summed E-state index contributed by atoms with van der Waals surface area (Å²) in [5, 5.41) is 9.32. The molecule has 0 saturated carbocycles. The van der Waals surface area contributed by atoms with Crippen LogP contribution >= 0.6 is 0 Å². The average Bonchev–Trinajstić information content (AvgIpc) is 2.72. The predicted octanol–water partition coefficient (Wildman–Crippen LogP) is 0.173. The van der Waals surface area contributed by atoms with Crippen molar-refractivity contribution in [1.29, 1.82) is 0 Å². The highest BCUT2D eigenvalue weighted by molar-refractivity contribution is 5.82. The Bertz CT molecular complexity index is 374. The fourth-order valence-corrected chi connectivity index (χ4v) is 2.82. The summed E-state index contributed by atoms with van der Waals surface area (Å²) in [5.41, 5.74) is -0.895. The van der Waals surface area contributed by atoms with E-state index in [-0.39, 0.29) is 18.6 Å². The molecule has 6 nitrogen and oxygen atoms in total. The molecule has 2 fully saturated rings. The smallest absolute Gasteiger partial charge is 0.323 e. The summed E-state index contributed by atoms with van der Waals surface area (Å²) in [7, 11) is 0. The number of carboxylic acids is 1. The second-order valence-electron chi connectivity index (χ2n) is 5.63. The molecular formula is C13H22N2O4. The number of morpholine rings is 1. The van der Waals surface area contributed by atoms with E-state index in [1.807, 2.05) is 6.92 Å². The van der Waals surface area contributed by atoms with Gasteiger partial charge in [-0.3, -0.25) is 14.5 Å². The molecule has 6 heteroatoms. The van der Waals surface area contributed by atoms with Gasteiger partial charge in [-0.15, -0.1) is 0 Å². The molecule has 0 bridgehead atoms. The third kappa shape index (κ3) is 2.90. The van der Waals surface area contributed by atoms with E-state index in [4.69, 9.17) is 4.74 Å². The molecular weight excluding hydrogens is 248 g/mol. The molecule has 1 amide bonds. The lowest BCUT2D eigenvalue weighted by Crippen LogP contribution is -2.54. The highest BCUT2D eigenvalue weighted by atomic mass is 16.5. The van der Waals surface area contributed by atoms with Gasteiger partial charge in [-0.1, -0.05) is 0 Å². The largest absolute Gasteiger partial charge is 0.480 e. The van der Waals surface area contributed by atoms with Crippen LogP contribution in [0.1, 0.15) is 26.7 Å². The van der Waals surface area contributed by atoms with Gasteiger partial charge in [0.05, 0.1) is 19.3 Å². The highest BCUT2D eigenvalue weighted by Crippen LogP contribution is 2.29. The van der Waals surface area contributed by atoms with E-state index in [0.29, 0.717) is 32.7 Å². The molecule has 2 unspecified atom stereocenters. The van der Waals surface area contributed by atoms with Crippen molar-refractivity contribution in [3.05, 3.63) is 0 Å². The van der Waals surface area contributed by atoms with Crippen molar-refractivity contribution in [2.75, 3.05) is 32.8 Å². The summed E-state index contributed by atoms with van der Waals surface area (Å²) >= 11 is 0. The van der Waals surface area contributed by atoms with Crippen LogP contribution in [0.15, 0.2) is 0 Å². The standard InChI is InChI=1S/C13H22N2O4/c1-10-8-14(6-7-19-10)11(16)9-15-5-3-4-13(15,2)12(17)18/h10H,3-9H2,1-2H3,(H,17,18). The Balaban J connectivity index is 1.96. The molecule has 108 valence electrons. The van der Waals surface area contributed by atoms with E-state index in [2.05, 4.69) is 0 Å². The summed E-state index contributed by atoms with van der Waals surface area (Å²) in [6.45, 7) is 6.26. The minimum Gasteiger partial charge on any atom is -0.480 e. The van der Waals surface area contributed by atoms with Crippen molar-refractivity contribution in [2.24, 2.45) is 0 Å². The van der Waals surface area contributed by atoms with Crippen molar-refractivity contribution in [3.63, 3.8) is 0 Å². The Morgan fingerprint density at radius 3 is 2.79 bits per heavy atom. The van der Waals surface area contributed by atoms with Crippen LogP contribution in [0.2, 0.25) is 0 Å². The van der Waals surface area contributed by atoms with Crippen molar-refractivity contribution < 1.29 is 19.4 Å². The molecule has 2 aliphatic heterocycles. The Hall–Kier alpha value is -1.14. The molecule has 2 heterocycles. The third-order valence-electron chi connectivity index (χ3n) is 4.17. The molecule has 0 aromatic rings. The van der Waals surface area contributed by atoms with Gasteiger partial charge in [0.15, 0.2) is 0 Å². The fraction of sp³-hybridized carbons (Fsp3) is 0.846. The normalized spacial score (nSPS) is 32.5. The number of likely N-dealkylation sites (tertiary alicyclic amines) is 1. The molecule has 2 saturated heterocycles. The lowest BCUT2D eigenvalue weighted by molar-refractivity contribution is -0.151. The van der Waals surface area contributed by atoms with Crippen molar-refractivity contribution in [2.45, 2.75) is 38.3 Å². The van der Waals surface area contributed by atoms with Crippen LogP contribution in [0, 0.1) is 0 Å². The number of aliphatic carboxylic acids is 1. The maximum Gasteiger partial charge on any atom is 0.323 e. The molecule has 0 spiro atoms. The maximum atomic E-state index is 12.2. The SMILES string of the molecule is CC1CN(C(=O)CN2CCCC2(C)C(=O)O)CCO1. The molecule has 2 atom stereocenters. The summed E-state index contributed by atoms with van der Waals surface area (Å²) in [6.07, 6.45) is 1.49. The van der Waals surface area contributed by atoms with Crippen LogP contribution in [0.3, 0.4) is 0 Å². The number of carbonyl (C=O) groups excluding carboxylic acids is 1. The molecule has 0 radical (unpaired) electrons. The van der Waals surface area contributed by atoms with Gasteiger partial charge in [0.25, 0.3) is 0 Å². The molecule has 0 aromatic carbocycles. The van der Waals surface area contributed by atoms with Crippen LogP contribution in [0.5, 0.6) is 0 Å². The van der Waals surface area contributed by atoms with Gasteiger partial charge >= 0.3 is 5.97 Å². The van der Waals surface area contributed by atoms with Gasteiger partial charge in [0, 0.05) is 13.1 Å². The zero-order valence-electron chi connectivity index (χ0n) is 11.6. The molecule has 0 aromatic heterocycles. The first-order valence-electron chi connectivity index (χ1n) is 6.81. The topological polar surface area (TPSA) is 70.1 Å². The van der Waals surface area contributed by atoms with Crippen LogP contribution in [0.4, 0.5) is 0 Å². The van der Waals surface area contributed by atoms with Gasteiger partial charge in [0.1, 0.15) is 5.54 Å². The Kier molecular flexibility index (Phi) is 4.10. The van der Waals surface area contributed by atoms with Crippen molar-refractivity contribution in [1.82, 2.24) is 9.80 Å². The zero-order valence-corrected chi connectivity index (χ0v) is 11.6. The van der Waals surface area contributed by atoms with E-state index < -0.39 is 11.5 Å². The minimum absolute atomic E-state index is 0.00419. The summed E-state index contributed by atoms with van der Waals surface area (Å²) in [6, 6.07) is 0. The van der Waals surface area contributed by atoms with E-state index in [9.17, 15) is 14.7 Å². The lowest BCUT2D eigenvalue weighted by Gasteiger charge is -2.35. The molecule has 19 heavy (non-hydrogen) atoms. The maximum absolute atomic E-state index is 12.2. The summed E-state index contributed by atoms with van der Waals surface area (Å²) < 4.78 is 5.41. The van der Waals surface area contributed by atoms with Gasteiger partial charge in [0.2, 0.25) is 5.91 Å². The van der Waals surface area contributed by atoms with Crippen molar-refractivity contribution >= 4 is 11.9 Å². The number of nitrogens with zero attached hydrogens (tertiary/aromatic N) is 2. The van der Waals surface area contributed by atoms with Gasteiger partial charge in [-0.2, -0.15) is 0 Å². The van der Waals surface area contributed by atoms with Gasteiger partial charge < -0.3 is 14.7 Å². The van der Waals surface area contributed by atoms with Crippen molar-refractivity contribution in [3.8, 4) is 0 Å². The first-order valence-corrected chi connectivity index (χ1v) is 6.81. The quantitative estimate of drug-likeness (QED) is 0.792. The fourth-order valence-electron chi connectivity index (χ4n) is 2.82. The number of hydrogen-bond acceptors (Lipinski definition) is 4. The number of hydrogen-bond donors (Lipinski definition) is 1. The number of carboxylic acid groups (broad SMARTS) is 1. The average molecular weight is 270 g/mol.